The summed E-state index contributed by atoms with van der Waals surface area (Å²) in [6.07, 6.45) is -8.48. The van der Waals surface area contributed by atoms with E-state index in [1.165, 1.54) is 5.48 Å². The van der Waals surface area contributed by atoms with Gasteiger partial charge >= 0.3 is 12.3 Å². The van der Waals surface area contributed by atoms with Gasteiger partial charge in [0.2, 0.25) is 0 Å². The van der Waals surface area contributed by atoms with Gasteiger partial charge in [-0.3, -0.25) is 9.59 Å². The predicted octanol–water partition coefficient (Wildman–Crippen LogP) is 3.75. The zero-order valence-electron chi connectivity index (χ0n) is 20.8. The number of alkyl halides is 6. The van der Waals surface area contributed by atoms with E-state index in [-0.39, 0.29) is 49.0 Å². The number of hydrogen-bond donors (Lipinski definition) is 2. The van der Waals surface area contributed by atoms with E-state index in [2.05, 4.69) is 15.1 Å². The van der Waals surface area contributed by atoms with Crippen molar-refractivity contribution in [1.82, 2.24) is 25.8 Å². The van der Waals surface area contributed by atoms with Crippen molar-refractivity contribution in [2.45, 2.75) is 12.3 Å². The Morgan fingerprint density at radius 1 is 0.929 bits per heavy atom. The van der Waals surface area contributed by atoms with Crippen LogP contribution < -0.4 is 15.5 Å². The highest BCUT2D eigenvalue weighted by Gasteiger charge is 2.39. The molecule has 0 spiro atoms. The van der Waals surface area contributed by atoms with Gasteiger partial charge in [-0.2, -0.15) is 26.8 Å². The molecule has 0 saturated heterocycles. The number of ether oxygens (including phenoxy) is 2. The molecule has 1 aromatic heterocycles. The maximum absolute atomic E-state index is 14.2. The van der Waals surface area contributed by atoms with Gasteiger partial charge in [0.15, 0.2) is 23.1 Å². The second-order valence-corrected chi connectivity index (χ2v) is 7.95. The molecule has 2 N–H and O–H groups in total. The molecule has 0 atom stereocenters. The normalized spacial score (nSPS) is 11.8. The molecule has 0 unspecified atom stereocenters. The molecule has 0 aliphatic rings. The lowest BCUT2D eigenvalue weighted by Crippen LogP contribution is -2.33. The Bertz CT molecular complexity index is 1420. The number of hydroxylamine groups is 1. The van der Waals surface area contributed by atoms with E-state index in [4.69, 9.17) is 9.47 Å². The lowest BCUT2D eigenvalue weighted by Gasteiger charge is -2.17. The summed E-state index contributed by atoms with van der Waals surface area (Å²) >= 11 is 0. The molecule has 2 amide bonds. The zero-order chi connectivity index (χ0) is 31.1. The SMILES string of the molecule is O=C(NCC(F)(F)F)c1ccc(-n2cc(C(=O)NOC(F)(F)c3ccc(F)c(F)c3F)nn2)c(OCCOCCF)c1. The minimum Gasteiger partial charge on any atom is -0.489 e. The molecule has 10 nitrogen and oxygen atoms in total. The average Bonchev–Trinajstić information content (AvgIpc) is 3.43. The van der Waals surface area contributed by atoms with Crippen LogP contribution in [-0.4, -0.2) is 66.0 Å². The summed E-state index contributed by atoms with van der Waals surface area (Å²) in [5, 5.41) is 8.72. The van der Waals surface area contributed by atoms with Crippen LogP contribution in [0, 0.1) is 17.5 Å². The van der Waals surface area contributed by atoms with Crippen LogP contribution in [0.15, 0.2) is 36.5 Å². The van der Waals surface area contributed by atoms with Crippen molar-refractivity contribution < 1.29 is 63.4 Å². The zero-order valence-corrected chi connectivity index (χ0v) is 20.8. The second-order valence-electron chi connectivity index (χ2n) is 7.95. The fourth-order valence-corrected chi connectivity index (χ4v) is 3.06. The third-order valence-corrected chi connectivity index (χ3v) is 4.97. The van der Waals surface area contributed by atoms with Gasteiger partial charge < -0.3 is 14.8 Å². The fraction of sp³-hybridized carbons (Fsp3) is 0.304. The summed E-state index contributed by atoms with van der Waals surface area (Å²) in [4.78, 5) is 28.3. The Morgan fingerprint density at radius 3 is 2.36 bits per heavy atom. The van der Waals surface area contributed by atoms with Gasteiger partial charge in [-0.15, -0.1) is 5.10 Å². The minimum absolute atomic E-state index is 0.0467. The number of aromatic nitrogens is 3. The Hall–Kier alpha value is -4.39. The second kappa shape index (κ2) is 13.5. The first-order chi connectivity index (χ1) is 19.7. The molecule has 0 saturated carbocycles. The van der Waals surface area contributed by atoms with E-state index in [1.807, 2.05) is 0 Å². The summed E-state index contributed by atoms with van der Waals surface area (Å²) in [5.74, 6) is -8.94. The highest BCUT2D eigenvalue weighted by Crippen LogP contribution is 2.32. The minimum atomic E-state index is -4.68. The fourth-order valence-electron chi connectivity index (χ4n) is 3.06. The quantitative estimate of drug-likeness (QED) is 0.130. The van der Waals surface area contributed by atoms with Gasteiger partial charge in [-0.25, -0.2) is 27.7 Å². The van der Waals surface area contributed by atoms with Crippen LogP contribution in [0.4, 0.5) is 39.5 Å². The van der Waals surface area contributed by atoms with E-state index in [1.54, 1.807) is 5.32 Å². The monoisotopic (exact) mass is 615 g/mol. The van der Waals surface area contributed by atoms with Crippen LogP contribution in [0.2, 0.25) is 0 Å². The molecule has 3 aromatic rings. The molecular weight excluding hydrogens is 597 g/mol. The van der Waals surface area contributed by atoms with Gasteiger partial charge in [0, 0.05) is 5.56 Å². The highest BCUT2D eigenvalue weighted by atomic mass is 19.4. The third kappa shape index (κ3) is 8.32. The standard InChI is InChI=1S/C23H18F9N5O5/c24-5-6-40-7-8-41-17-9-12(20(38)33-11-22(28,29)30)1-4-16(17)37-10-15(34-36-37)21(39)35-42-23(31,32)13-2-3-14(25)19(27)18(13)26/h1-4,9-10H,5-8,11H2,(H,33,38)(H,35,39). The number of nitrogens with zero attached hydrogens (tertiary/aromatic N) is 3. The molecule has 0 bridgehead atoms. The van der Waals surface area contributed by atoms with Crippen LogP contribution in [0.1, 0.15) is 26.4 Å². The highest BCUT2D eigenvalue weighted by molar-refractivity contribution is 5.95. The maximum Gasteiger partial charge on any atom is 0.405 e. The summed E-state index contributed by atoms with van der Waals surface area (Å²) in [6.45, 7) is -3.02. The number of amides is 2. The number of carbonyl (C=O) groups excluding carboxylic acids is 2. The first-order valence-corrected chi connectivity index (χ1v) is 11.4. The Labute approximate surface area is 229 Å². The van der Waals surface area contributed by atoms with Crippen LogP contribution in [0.5, 0.6) is 5.75 Å². The van der Waals surface area contributed by atoms with E-state index >= 15 is 0 Å². The topological polar surface area (TPSA) is 117 Å². The van der Waals surface area contributed by atoms with Crippen molar-refractivity contribution in [1.29, 1.82) is 0 Å². The van der Waals surface area contributed by atoms with Crippen LogP contribution in [0.3, 0.4) is 0 Å². The molecule has 3 rings (SSSR count). The molecule has 42 heavy (non-hydrogen) atoms. The lowest BCUT2D eigenvalue weighted by atomic mass is 10.1. The predicted molar refractivity (Wildman–Crippen MR) is 121 cm³/mol. The smallest absolute Gasteiger partial charge is 0.405 e. The van der Waals surface area contributed by atoms with Crippen LogP contribution >= 0.6 is 0 Å². The first-order valence-electron chi connectivity index (χ1n) is 11.4. The van der Waals surface area contributed by atoms with Crippen LogP contribution in [0.25, 0.3) is 5.69 Å². The number of halogens is 9. The molecule has 228 valence electrons. The number of hydrogen-bond acceptors (Lipinski definition) is 7. The van der Waals surface area contributed by atoms with Gasteiger partial charge in [0.1, 0.15) is 31.3 Å². The summed E-state index contributed by atoms with van der Waals surface area (Å²) < 4.78 is 129. The third-order valence-electron chi connectivity index (χ3n) is 4.97. The van der Waals surface area contributed by atoms with Crippen molar-refractivity contribution in [3.8, 4) is 11.4 Å². The van der Waals surface area contributed by atoms with Crippen molar-refractivity contribution >= 4 is 11.8 Å². The average molecular weight is 615 g/mol. The number of carbonyl (C=O) groups is 2. The number of rotatable bonds is 13. The Balaban J connectivity index is 1.78. The molecule has 0 fully saturated rings. The lowest BCUT2D eigenvalue weighted by molar-refractivity contribution is -0.274. The molecule has 2 aromatic carbocycles. The van der Waals surface area contributed by atoms with Crippen molar-refractivity contribution in [2.24, 2.45) is 0 Å². The largest absolute Gasteiger partial charge is 0.489 e. The van der Waals surface area contributed by atoms with Gasteiger partial charge in [-0.05, 0) is 30.3 Å². The van der Waals surface area contributed by atoms with E-state index in [9.17, 15) is 49.1 Å². The van der Waals surface area contributed by atoms with Crippen molar-refractivity contribution in [3.63, 3.8) is 0 Å². The molecule has 0 radical (unpaired) electrons. The Morgan fingerprint density at radius 2 is 1.67 bits per heavy atom. The van der Waals surface area contributed by atoms with Crippen LogP contribution in [-0.2, 0) is 15.7 Å². The summed E-state index contributed by atoms with van der Waals surface area (Å²) in [6, 6.07) is 3.67. The molecular formula is C23H18F9N5O5. The van der Waals surface area contributed by atoms with Crippen molar-refractivity contribution in [3.05, 3.63) is 70.8 Å². The van der Waals surface area contributed by atoms with Gasteiger partial charge in [0.05, 0.1) is 25.0 Å². The van der Waals surface area contributed by atoms with E-state index in [0.717, 1.165) is 29.1 Å². The number of benzene rings is 2. The molecule has 0 aliphatic carbocycles. The van der Waals surface area contributed by atoms with Crippen molar-refractivity contribution in [2.75, 3.05) is 33.0 Å². The molecule has 1 heterocycles. The number of nitrogens with one attached hydrogen (secondary N) is 2. The summed E-state index contributed by atoms with van der Waals surface area (Å²) in [7, 11) is 0. The van der Waals surface area contributed by atoms with Gasteiger partial charge in [0.25, 0.3) is 11.8 Å². The maximum atomic E-state index is 14.2. The molecule has 19 heteroatoms. The Kier molecular flexibility index (Phi) is 10.3. The van der Waals surface area contributed by atoms with E-state index < -0.39 is 66.0 Å². The van der Waals surface area contributed by atoms with Gasteiger partial charge in [-0.1, -0.05) is 5.21 Å². The van der Waals surface area contributed by atoms with E-state index in [0.29, 0.717) is 0 Å². The first kappa shape index (κ1) is 32.1. The summed E-state index contributed by atoms with van der Waals surface area (Å²) in [5.41, 5.74) is -1.44. The molecule has 0 aliphatic heterocycles.